The van der Waals surface area contributed by atoms with Crippen molar-refractivity contribution in [3.8, 4) is 11.5 Å². The van der Waals surface area contributed by atoms with Crippen LogP contribution >= 0.6 is 11.6 Å². The highest BCUT2D eigenvalue weighted by Crippen LogP contribution is 2.26. The van der Waals surface area contributed by atoms with Crippen molar-refractivity contribution in [2.75, 3.05) is 20.3 Å². The van der Waals surface area contributed by atoms with Crippen LogP contribution in [0.15, 0.2) is 47.4 Å². The SMILES string of the molecule is CCc1cccc(OCCNS(=O)(=O)c2ccc(OC)c(Cl)c2)c1. The summed E-state index contributed by atoms with van der Waals surface area (Å²) < 4.78 is 37.5. The van der Waals surface area contributed by atoms with E-state index in [0.29, 0.717) is 5.75 Å². The summed E-state index contributed by atoms with van der Waals surface area (Å²) in [5.41, 5.74) is 1.17. The Morgan fingerprint density at radius 1 is 1.17 bits per heavy atom. The van der Waals surface area contributed by atoms with Gasteiger partial charge in [0.1, 0.15) is 18.1 Å². The third kappa shape index (κ3) is 4.87. The Hall–Kier alpha value is -1.76. The number of ether oxygens (including phenoxy) is 2. The first kappa shape index (κ1) is 18.6. The molecule has 1 N–H and O–H groups in total. The molecule has 0 amide bonds. The van der Waals surface area contributed by atoms with E-state index in [1.807, 2.05) is 24.3 Å². The summed E-state index contributed by atoms with van der Waals surface area (Å²) in [5, 5.41) is 0.244. The summed E-state index contributed by atoms with van der Waals surface area (Å²) in [7, 11) is -2.17. The van der Waals surface area contributed by atoms with Gasteiger partial charge >= 0.3 is 0 Å². The Morgan fingerprint density at radius 3 is 2.62 bits per heavy atom. The highest BCUT2D eigenvalue weighted by atomic mass is 35.5. The largest absolute Gasteiger partial charge is 0.495 e. The Labute approximate surface area is 147 Å². The summed E-state index contributed by atoms with van der Waals surface area (Å²) >= 11 is 5.96. The van der Waals surface area contributed by atoms with Gasteiger partial charge in [-0.25, -0.2) is 13.1 Å². The number of halogens is 1. The van der Waals surface area contributed by atoms with E-state index in [1.165, 1.54) is 30.9 Å². The van der Waals surface area contributed by atoms with Crippen molar-refractivity contribution in [3.05, 3.63) is 53.1 Å². The smallest absolute Gasteiger partial charge is 0.240 e. The van der Waals surface area contributed by atoms with Crippen molar-refractivity contribution in [1.82, 2.24) is 4.72 Å². The molecule has 0 aromatic heterocycles. The lowest BCUT2D eigenvalue weighted by atomic mass is 10.2. The number of aryl methyl sites for hydroxylation is 1. The summed E-state index contributed by atoms with van der Waals surface area (Å²) in [6, 6.07) is 12.0. The van der Waals surface area contributed by atoms with Crippen molar-refractivity contribution in [3.63, 3.8) is 0 Å². The van der Waals surface area contributed by atoms with Crippen LogP contribution in [0, 0.1) is 0 Å². The van der Waals surface area contributed by atoms with Gasteiger partial charge in [0.25, 0.3) is 0 Å². The maximum atomic E-state index is 12.2. The van der Waals surface area contributed by atoms with Crippen molar-refractivity contribution < 1.29 is 17.9 Å². The van der Waals surface area contributed by atoms with E-state index in [9.17, 15) is 8.42 Å². The van der Waals surface area contributed by atoms with Crippen LogP contribution in [0.2, 0.25) is 5.02 Å². The zero-order valence-electron chi connectivity index (χ0n) is 13.6. The van der Waals surface area contributed by atoms with Crippen LogP contribution in [-0.2, 0) is 16.4 Å². The average molecular weight is 370 g/mol. The van der Waals surface area contributed by atoms with E-state index in [0.717, 1.165) is 12.2 Å². The van der Waals surface area contributed by atoms with Gasteiger partial charge in [-0.05, 0) is 42.3 Å². The monoisotopic (exact) mass is 369 g/mol. The van der Waals surface area contributed by atoms with Gasteiger partial charge in [0.2, 0.25) is 10.0 Å². The quantitative estimate of drug-likeness (QED) is 0.725. The minimum atomic E-state index is -3.65. The number of rotatable bonds is 8. The molecule has 0 aliphatic carbocycles. The molecule has 0 saturated heterocycles. The van der Waals surface area contributed by atoms with Crippen LogP contribution in [0.1, 0.15) is 12.5 Å². The minimum Gasteiger partial charge on any atom is -0.495 e. The Kier molecular flexibility index (Phi) is 6.48. The van der Waals surface area contributed by atoms with Gasteiger partial charge in [-0.2, -0.15) is 0 Å². The third-order valence-electron chi connectivity index (χ3n) is 3.40. The van der Waals surface area contributed by atoms with E-state index in [1.54, 1.807) is 0 Å². The Bertz CT molecular complexity index is 793. The normalized spacial score (nSPS) is 11.3. The van der Waals surface area contributed by atoms with Crippen molar-refractivity contribution in [1.29, 1.82) is 0 Å². The molecule has 0 saturated carbocycles. The van der Waals surface area contributed by atoms with Gasteiger partial charge in [-0.1, -0.05) is 30.7 Å². The first-order valence-corrected chi connectivity index (χ1v) is 9.37. The molecule has 5 nitrogen and oxygen atoms in total. The molecule has 0 spiro atoms. The molecule has 0 unspecified atom stereocenters. The van der Waals surface area contributed by atoms with Gasteiger partial charge in [0.15, 0.2) is 0 Å². The zero-order chi connectivity index (χ0) is 17.6. The molecule has 7 heteroatoms. The number of methoxy groups -OCH3 is 1. The maximum Gasteiger partial charge on any atom is 0.240 e. The minimum absolute atomic E-state index is 0.0845. The van der Waals surface area contributed by atoms with Crippen LogP contribution in [0.5, 0.6) is 11.5 Å². The summed E-state index contributed by atoms with van der Waals surface area (Å²) in [6.07, 6.45) is 0.919. The van der Waals surface area contributed by atoms with E-state index < -0.39 is 10.0 Å². The van der Waals surface area contributed by atoms with Crippen LogP contribution in [0.3, 0.4) is 0 Å². The number of nitrogens with one attached hydrogen (secondary N) is 1. The molecule has 2 rings (SSSR count). The van der Waals surface area contributed by atoms with E-state index in [-0.39, 0.29) is 23.1 Å². The fourth-order valence-electron chi connectivity index (χ4n) is 2.10. The molecular formula is C17H20ClNO4S. The van der Waals surface area contributed by atoms with E-state index in [2.05, 4.69) is 11.6 Å². The summed E-state index contributed by atoms with van der Waals surface area (Å²) in [6.45, 7) is 2.45. The molecule has 2 aromatic carbocycles. The molecule has 2 aromatic rings. The van der Waals surface area contributed by atoms with Crippen molar-refractivity contribution in [2.24, 2.45) is 0 Å². The molecule has 0 aliphatic rings. The molecule has 0 atom stereocenters. The van der Waals surface area contributed by atoms with Crippen LogP contribution in [0.25, 0.3) is 0 Å². The van der Waals surface area contributed by atoms with Gasteiger partial charge in [0.05, 0.1) is 17.0 Å². The number of hydrogen-bond donors (Lipinski definition) is 1. The standard InChI is InChI=1S/C17H20ClNO4S/c1-3-13-5-4-6-14(11-13)23-10-9-19-24(20,21)15-7-8-17(22-2)16(18)12-15/h4-8,11-12,19H,3,9-10H2,1-2H3. The van der Waals surface area contributed by atoms with Crippen molar-refractivity contribution in [2.45, 2.75) is 18.2 Å². The number of benzene rings is 2. The molecule has 0 heterocycles. The predicted octanol–water partition coefficient (Wildman–Crippen LogP) is 3.27. The van der Waals surface area contributed by atoms with E-state index >= 15 is 0 Å². The fourth-order valence-corrected chi connectivity index (χ4v) is 3.46. The molecule has 130 valence electrons. The molecule has 0 fully saturated rings. The number of hydrogen-bond acceptors (Lipinski definition) is 4. The van der Waals surface area contributed by atoms with Gasteiger partial charge < -0.3 is 9.47 Å². The lowest BCUT2D eigenvalue weighted by molar-refractivity contribution is 0.322. The second-order valence-electron chi connectivity index (χ2n) is 5.04. The first-order chi connectivity index (χ1) is 11.5. The van der Waals surface area contributed by atoms with Gasteiger partial charge in [0, 0.05) is 6.54 Å². The summed E-state index contributed by atoms with van der Waals surface area (Å²) in [5.74, 6) is 1.15. The molecule has 0 bridgehead atoms. The Balaban J connectivity index is 1.92. The van der Waals surface area contributed by atoms with Crippen LogP contribution in [-0.4, -0.2) is 28.7 Å². The maximum absolute atomic E-state index is 12.2. The predicted molar refractivity (Wildman–Crippen MR) is 94.5 cm³/mol. The lowest BCUT2D eigenvalue weighted by Crippen LogP contribution is -2.28. The second kappa shape index (κ2) is 8.37. The molecular weight excluding hydrogens is 350 g/mol. The molecule has 24 heavy (non-hydrogen) atoms. The summed E-state index contributed by atoms with van der Waals surface area (Å²) in [4.78, 5) is 0.0845. The average Bonchev–Trinajstić information content (AvgIpc) is 2.59. The molecule has 0 aliphatic heterocycles. The first-order valence-electron chi connectivity index (χ1n) is 7.51. The van der Waals surface area contributed by atoms with Crippen LogP contribution < -0.4 is 14.2 Å². The van der Waals surface area contributed by atoms with Gasteiger partial charge in [-0.15, -0.1) is 0 Å². The highest BCUT2D eigenvalue weighted by Gasteiger charge is 2.15. The number of sulfonamides is 1. The topological polar surface area (TPSA) is 64.6 Å². The van der Waals surface area contributed by atoms with E-state index in [4.69, 9.17) is 21.1 Å². The fraction of sp³-hybridized carbons (Fsp3) is 0.294. The zero-order valence-corrected chi connectivity index (χ0v) is 15.2. The van der Waals surface area contributed by atoms with Gasteiger partial charge in [-0.3, -0.25) is 0 Å². The molecule has 0 radical (unpaired) electrons. The van der Waals surface area contributed by atoms with Crippen molar-refractivity contribution >= 4 is 21.6 Å². The third-order valence-corrected chi connectivity index (χ3v) is 5.16. The second-order valence-corrected chi connectivity index (χ2v) is 7.22. The van der Waals surface area contributed by atoms with Crippen LogP contribution in [0.4, 0.5) is 0 Å². The Morgan fingerprint density at radius 2 is 1.96 bits per heavy atom. The highest BCUT2D eigenvalue weighted by molar-refractivity contribution is 7.89. The lowest BCUT2D eigenvalue weighted by Gasteiger charge is -2.10.